The lowest BCUT2D eigenvalue weighted by Crippen LogP contribution is -2.51. The zero-order chi connectivity index (χ0) is 31.1. The van der Waals surface area contributed by atoms with E-state index in [0.717, 1.165) is 81.6 Å². The Morgan fingerprint density at radius 3 is 2.44 bits per heavy atom. The maximum absolute atomic E-state index is 13.5. The summed E-state index contributed by atoms with van der Waals surface area (Å²) in [5, 5.41) is 8.52. The minimum Gasteiger partial charge on any atom is -0.453 e. The minimum absolute atomic E-state index is 0.0801. The van der Waals surface area contributed by atoms with E-state index < -0.39 is 12.1 Å². The van der Waals surface area contributed by atoms with Crippen molar-refractivity contribution in [3.8, 4) is 22.4 Å². The molecule has 2 fully saturated rings. The van der Waals surface area contributed by atoms with Gasteiger partial charge < -0.3 is 30.2 Å². The van der Waals surface area contributed by atoms with Gasteiger partial charge in [0.1, 0.15) is 17.7 Å². The van der Waals surface area contributed by atoms with Gasteiger partial charge >= 0.3 is 6.09 Å². The Kier molecular flexibility index (Phi) is 7.75. The van der Waals surface area contributed by atoms with Crippen LogP contribution in [0.1, 0.15) is 63.3 Å². The highest BCUT2D eigenvalue weighted by Crippen LogP contribution is 2.34. The van der Waals surface area contributed by atoms with Gasteiger partial charge in [-0.25, -0.2) is 14.8 Å². The van der Waals surface area contributed by atoms with Crippen LogP contribution < -0.4 is 10.6 Å². The van der Waals surface area contributed by atoms with Crippen LogP contribution in [0.5, 0.6) is 0 Å². The van der Waals surface area contributed by atoms with E-state index in [-0.39, 0.29) is 17.9 Å². The quantitative estimate of drug-likeness (QED) is 0.174. The summed E-state index contributed by atoms with van der Waals surface area (Å²) in [6.07, 6.45) is 5.22. The third-order valence-electron chi connectivity index (χ3n) is 9.21. The molecular formula is C35H39N7O3. The molecule has 2 aliphatic heterocycles. The first-order valence-electron chi connectivity index (χ1n) is 15.9. The number of rotatable bonds is 7. The van der Waals surface area contributed by atoms with Gasteiger partial charge in [-0.15, -0.1) is 0 Å². The van der Waals surface area contributed by atoms with Crippen LogP contribution in [-0.4, -0.2) is 63.1 Å². The number of carbonyl (C=O) groups excluding carboxylic acids is 2. The van der Waals surface area contributed by atoms with Crippen molar-refractivity contribution in [2.75, 3.05) is 20.2 Å². The molecule has 3 atom stereocenters. The number of hydrogen-bond donors (Lipinski definition) is 4. The molecule has 7 rings (SSSR count). The number of ether oxygens (including phenoxy) is 1. The summed E-state index contributed by atoms with van der Waals surface area (Å²) in [6.45, 7) is 5.50. The summed E-state index contributed by atoms with van der Waals surface area (Å²) < 4.78 is 4.75. The first-order chi connectivity index (χ1) is 21.9. The summed E-state index contributed by atoms with van der Waals surface area (Å²) >= 11 is 0. The van der Waals surface area contributed by atoms with Crippen LogP contribution >= 0.6 is 0 Å². The number of imidazole rings is 2. The summed E-state index contributed by atoms with van der Waals surface area (Å²) in [5.41, 5.74) is 6.30. The molecule has 10 nitrogen and oxygen atoms in total. The van der Waals surface area contributed by atoms with Crippen molar-refractivity contribution < 1.29 is 14.3 Å². The molecule has 1 unspecified atom stereocenters. The Morgan fingerprint density at radius 1 is 0.933 bits per heavy atom. The molecule has 232 valence electrons. The SMILES string of the molecule is COC(=O)N[C@H](C(=O)N1CCCC1c1ncc(-c2ccc3cc(-c4ccc5nc([C@@H]6CCCN6)[nH]c5c4)ccc3c2)[nH]1)C(C)C. The predicted octanol–water partition coefficient (Wildman–Crippen LogP) is 6.24. The second kappa shape index (κ2) is 12.0. The standard InChI is InChI=1S/C35H39N7O3/c1-20(2)31(41-35(44)45-3)34(43)42-15-5-7-30(42)33-37-19-29(40-33)25-11-10-21-16-22(8-9-23(21)17-25)24-12-13-26-28(18-24)39-32(38-26)27-6-4-14-36-27/h8-13,16-20,27,30-31,36H,4-7,14-15H2,1-3H3,(H,37,40)(H,38,39)(H,41,44)/t27-,30?,31-/m0/s1. The molecule has 10 heteroatoms. The number of aromatic nitrogens is 4. The molecule has 45 heavy (non-hydrogen) atoms. The van der Waals surface area contributed by atoms with Crippen LogP contribution in [0.2, 0.25) is 0 Å². The van der Waals surface area contributed by atoms with Crippen LogP contribution in [0.4, 0.5) is 4.79 Å². The lowest BCUT2D eigenvalue weighted by Gasteiger charge is -2.30. The molecule has 0 saturated carbocycles. The summed E-state index contributed by atoms with van der Waals surface area (Å²) in [4.78, 5) is 43.8. The molecule has 2 saturated heterocycles. The van der Waals surface area contributed by atoms with Crippen LogP contribution in [0.3, 0.4) is 0 Å². The first-order valence-corrected chi connectivity index (χ1v) is 15.9. The molecular weight excluding hydrogens is 566 g/mol. The number of aromatic amines is 2. The zero-order valence-corrected chi connectivity index (χ0v) is 25.9. The number of nitrogens with zero attached hydrogens (tertiary/aromatic N) is 3. The van der Waals surface area contributed by atoms with Crippen molar-refractivity contribution in [3.63, 3.8) is 0 Å². The van der Waals surface area contributed by atoms with Crippen molar-refractivity contribution in [1.82, 2.24) is 35.5 Å². The topological polar surface area (TPSA) is 128 Å². The average Bonchev–Trinajstić information content (AvgIpc) is 3.88. The third-order valence-corrected chi connectivity index (χ3v) is 9.21. The van der Waals surface area contributed by atoms with Gasteiger partial charge in [-0.2, -0.15) is 0 Å². The van der Waals surface area contributed by atoms with E-state index in [1.807, 2.05) is 24.9 Å². The Bertz CT molecular complexity index is 1870. The number of amides is 2. The van der Waals surface area contributed by atoms with Gasteiger partial charge in [-0.05, 0) is 84.3 Å². The van der Waals surface area contributed by atoms with Gasteiger partial charge in [0.05, 0.1) is 42.1 Å². The van der Waals surface area contributed by atoms with Gasteiger partial charge in [0, 0.05) is 12.1 Å². The van der Waals surface area contributed by atoms with Crippen LogP contribution in [0.25, 0.3) is 44.2 Å². The Hall–Kier alpha value is -4.70. The summed E-state index contributed by atoms with van der Waals surface area (Å²) in [5.74, 6) is 1.59. The zero-order valence-electron chi connectivity index (χ0n) is 25.9. The van der Waals surface area contributed by atoms with Crippen LogP contribution in [0.15, 0.2) is 60.8 Å². The fraction of sp³-hybridized carbons (Fsp3) is 0.371. The molecule has 2 aliphatic rings. The molecule has 3 aromatic carbocycles. The van der Waals surface area contributed by atoms with Crippen molar-refractivity contribution in [2.24, 2.45) is 5.92 Å². The largest absolute Gasteiger partial charge is 0.453 e. The Morgan fingerprint density at radius 2 is 1.69 bits per heavy atom. The molecule has 4 N–H and O–H groups in total. The lowest BCUT2D eigenvalue weighted by atomic mass is 9.99. The molecule has 0 radical (unpaired) electrons. The van der Waals surface area contributed by atoms with Gasteiger partial charge in [0.2, 0.25) is 5.91 Å². The highest BCUT2D eigenvalue weighted by Gasteiger charge is 2.37. The molecule has 0 spiro atoms. The second-order valence-electron chi connectivity index (χ2n) is 12.5. The van der Waals surface area contributed by atoms with E-state index in [1.54, 1.807) is 0 Å². The van der Waals surface area contributed by atoms with Crippen LogP contribution in [0, 0.1) is 5.92 Å². The normalized spacial score (nSPS) is 19.1. The lowest BCUT2D eigenvalue weighted by molar-refractivity contribution is -0.135. The maximum atomic E-state index is 13.5. The fourth-order valence-corrected chi connectivity index (χ4v) is 6.73. The van der Waals surface area contributed by atoms with Crippen molar-refractivity contribution in [3.05, 3.63) is 72.4 Å². The summed E-state index contributed by atoms with van der Waals surface area (Å²) in [6, 6.07) is 18.9. The molecule has 5 aromatic rings. The molecule has 0 aliphatic carbocycles. The van der Waals surface area contributed by atoms with Gasteiger partial charge in [0.15, 0.2) is 0 Å². The minimum atomic E-state index is -0.661. The Labute approximate surface area is 262 Å². The van der Waals surface area contributed by atoms with Crippen molar-refractivity contribution in [1.29, 1.82) is 0 Å². The van der Waals surface area contributed by atoms with Crippen molar-refractivity contribution >= 4 is 33.8 Å². The van der Waals surface area contributed by atoms with E-state index >= 15 is 0 Å². The first kappa shape index (κ1) is 29.0. The van der Waals surface area contributed by atoms with E-state index in [1.165, 1.54) is 13.5 Å². The number of benzene rings is 3. The number of likely N-dealkylation sites (tertiary alicyclic amines) is 1. The maximum Gasteiger partial charge on any atom is 0.407 e. The number of carbonyl (C=O) groups is 2. The second-order valence-corrected chi connectivity index (χ2v) is 12.5. The van der Waals surface area contributed by atoms with E-state index in [9.17, 15) is 9.59 Å². The number of H-pyrrole nitrogens is 2. The smallest absolute Gasteiger partial charge is 0.407 e. The van der Waals surface area contributed by atoms with E-state index in [0.29, 0.717) is 12.6 Å². The van der Waals surface area contributed by atoms with Crippen molar-refractivity contribution in [2.45, 2.75) is 57.7 Å². The van der Waals surface area contributed by atoms with Gasteiger partial charge in [0.25, 0.3) is 0 Å². The van der Waals surface area contributed by atoms with E-state index in [2.05, 4.69) is 75.2 Å². The Balaban J connectivity index is 1.10. The molecule has 0 bridgehead atoms. The fourth-order valence-electron chi connectivity index (χ4n) is 6.73. The van der Waals surface area contributed by atoms with Gasteiger partial charge in [-0.1, -0.05) is 44.2 Å². The number of methoxy groups -OCH3 is 1. The molecule has 2 amide bonds. The van der Waals surface area contributed by atoms with Gasteiger partial charge in [-0.3, -0.25) is 4.79 Å². The molecule has 2 aromatic heterocycles. The highest BCUT2D eigenvalue weighted by molar-refractivity contribution is 5.92. The third kappa shape index (κ3) is 5.66. The number of nitrogens with one attached hydrogen (secondary N) is 4. The summed E-state index contributed by atoms with van der Waals surface area (Å²) in [7, 11) is 1.30. The predicted molar refractivity (Wildman–Crippen MR) is 174 cm³/mol. The monoisotopic (exact) mass is 605 g/mol. The molecule has 4 heterocycles. The van der Waals surface area contributed by atoms with Crippen LogP contribution in [-0.2, 0) is 9.53 Å². The highest BCUT2D eigenvalue weighted by atomic mass is 16.5. The number of hydrogen-bond acceptors (Lipinski definition) is 6. The average molecular weight is 606 g/mol. The van der Waals surface area contributed by atoms with E-state index in [4.69, 9.17) is 14.7 Å². The number of alkyl carbamates (subject to hydrolysis) is 1. The number of fused-ring (bicyclic) bond motifs is 2.